The lowest BCUT2D eigenvalue weighted by Crippen LogP contribution is -2.45. The smallest absolute Gasteiger partial charge is 0.262 e. The highest BCUT2D eigenvalue weighted by Crippen LogP contribution is 2.30. The predicted molar refractivity (Wildman–Crippen MR) is 222 cm³/mol. The highest BCUT2D eigenvalue weighted by molar-refractivity contribution is 5.81. The van der Waals surface area contributed by atoms with E-state index in [9.17, 15) is 9.59 Å². The van der Waals surface area contributed by atoms with E-state index in [1.54, 1.807) is 17.0 Å². The molecule has 0 saturated carbocycles. The maximum absolute atomic E-state index is 12.9. The van der Waals surface area contributed by atoms with E-state index < -0.39 is 0 Å². The van der Waals surface area contributed by atoms with E-state index in [1.807, 2.05) is 84.4 Å². The summed E-state index contributed by atoms with van der Waals surface area (Å²) in [5.74, 6) is 13.9. The molecule has 4 aromatic heterocycles. The number of fused-ring (bicyclic) bond motifs is 4. The summed E-state index contributed by atoms with van der Waals surface area (Å²) in [7, 11) is 1.98. The summed E-state index contributed by atoms with van der Waals surface area (Å²) < 4.78 is 8.57. The van der Waals surface area contributed by atoms with Crippen LogP contribution < -0.4 is 16.0 Å². The summed E-state index contributed by atoms with van der Waals surface area (Å²) in [5.41, 5.74) is 4.74. The second kappa shape index (κ2) is 16.3. The van der Waals surface area contributed by atoms with Crippen LogP contribution in [0.1, 0.15) is 75.3 Å². The molecule has 10 heteroatoms. The fourth-order valence-corrected chi connectivity index (χ4v) is 7.22. The van der Waals surface area contributed by atoms with Gasteiger partial charge >= 0.3 is 0 Å². The molecular weight excluding hydrogens is 699 g/mol. The molecule has 56 heavy (non-hydrogen) atoms. The molecule has 284 valence electrons. The first-order valence-electron chi connectivity index (χ1n) is 19.2. The van der Waals surface area contributed by atoms with Crippen LogP contribution in [0.2, 0.25) is 0 Å². The number of hydrogen-bond donors (Lipinski definition) is 0. The zero-order valence-electron chi connectivity index (χ0n) is 32.8. The van der Waals surface area contributed by atoms with Gasteiger partial charge in [-0.25, -0.2) is 19.9 Å². The third-order valence-electron chi connectivity index (χ3n) is 10.0. The molecular formula is C46H47N7O3. The van der Waals surface area contributed by atoms with Crippen LogP contribution >= 0.6 is 0 Å². The van der Waals surface area contributed by atoms with Crippen LogP contribution in [0.3, 0.4) is 0 Å². The lowest BCUT2D eigenvalue weighted by Gasteiger charge is -2.38. The van der Waals surface area contributed by atoms with Crippen molar-refractivity contribution in [2.24, 2.45) is 10.8 Å². The van der Waals surface area contributed by atoms with Crippen molar-refractivity contribution >= 4 is 27.8 Å². The van der Waals surface area contributed by atoms with Crippen LogP contribution in [0.25, 0.3) is 21.8 Å². The molecule has 3 aliphatic heterocycles. The number of aryl methyl sites for hydroxylation is 1. The van der Waals surface area contributed by atoms with Crippen LogP contribution in [0.5, 0.6) is 0 Å². The number of benzene rings is 2. The van der Waals surface area contributed by atoms with E-state index >= 15 is 0 Å². The molecule has 0 unspecified atom stereocenters. The van der Waals surface area contributed by atoms with Gasteiger partial charge in [-0.3, -0.25) is 18.7 Å². The minimum absolute atomic E-state index is 0.00820. The molecule has 3 aliphatic rings. The van der Waals surface area contributed by atoms with E-state index in [0.717, 1.165) is 73.3 Å². The first-order valence-corrected chi connectivity index (χ1v) is 19.2. The molecule has 7 heterocycles. The summed E-state index contributed by atoms with van der Waals surface area (Å²) >= 11 is 0. The van der Waals surface area contributed by atoms with Crippen LogP contribution in [0.15, 0.2) is 94.8 Å². The number of pyridine rings is 2. The molecule has 10 nitrogen and oxygen atoms in total. The summed E-state index contributed by atoms with van der Waals surface area (Å²) in [4.78, 5) is 45.7. The number of ether oxygens (including phenoxy) is 1. The SMILES string of the molecule is C1CCOC1.CC1(C)CCc2nc3cc(C#Cc4ccccn4)ccc3c(=O)n2C1.CN1CC(C)(C)Cn2c1nc1cc(C#Cc3ccccn3)ccc1c2=O. The third kappa shape index (κ3) is 9.05. The van der Waals surface area contributed by atoms with Crippen molar-refractivity contribution in [2.45, 2.75) is 66.5 Å². The van der Waals surface area contributed by atoms with Gasteiger partial charge in [0, 0.05) is 75.3 Å². The normalized spacial score (nSPS) is 16.1. The number of aromatic nitrogens is 6. The Labute approximate surface area is 327 Å². The van der Waals surface area contributed by atoms with Gasteiger partial charge in [0.2, 0.25) is 5.95 Å². The average Bonchev–Trinajstić information content (AvgIpc) is 3.79. The number of nitrogens with zero attached hydrogens (tertiary/aromatic N) is 7. The van der Waals surface area contributed by atoms with E-state index in [4.69, 9.17) is 14.7 Å². The third-order valence-corrected chi connectivity index (χ3v) is 10.0. The number of anilines is 1. The van der Waals surface area contributed by atoms with E-state index in [1.165, 1.54) is 12.8 Å². The Morgan fingerprint density at radius 1 is 0.643 bits per heavy atom. The van der Waals surface area contributed by atoms with E-state index in [-0.39, 0.29) is 21.9 Å². The van der Waals surface area contributed by atoms with Crippen LogP contribution in [0, 0.1) is 34.5 Å². The summed E-state index contributed by atoms with van der Waals surface area (Å²) in [6.07, 6.45) is 7.88. The Morgan fingerprint density at radius 3 is 1.73 bits per heavy atom. The Kier molecular flexibility index (Phi) is 11.1. The molecule has 0 spiro atoms. The van der Waals surface area contributed by atoms with Gasteiger partial charge in [-0.05, 0) is 97.2 Å². The zero-order chi connectivity index (χ0) is 39.3. The van der Waals surface area contributed by atoms with Crippen molar-refractivity contribution in [3.05, 3.63) is 134 Å². The molecule has 0 amide bonds. The van der Waals surface area contributed by atoms with Gasteiger partial charge in [0.25, 0.3) is 11.1 Å². The van der Waals surface area contributed by atoms with E-state index in [0.29, 0.717) is 28.5 Å². The average molecular weight is 746 g/mol. The molecule has 0 radical (unpaired) electrons. The van der Waals surface area contributed by atoms with Crippen LogP contribution in [-0.2, 0) is 24.2 Å². The molecule has 1 saturated heterocycles. The van der Waals surface area contributed by atoms with Crippen molar-refractivity contribution in [2.75, 3.05) is 31.7 Å². The van der Waals surface area contributed by atoms with Gasteiger partial charge in [-0.15, -0.1) is 0 Å². The Balaban J connectivity index is 0.000000153. The van der Waals surface area contributed by atoms with Crippen LogP contribution in [-0.4, -0.2) is 55.9 Å². The fourth-order valence-electron chi connectivity index (χ4n) is 7.22. The molecule has 2 aromatic carbocycles. The topological polar surface area (TPSA) is 108 Å². The van der Waals surface area contributed by atoms with Gasteiger partial charge in [0.15, 0.2) is 0 Å². The highest BCUT2D eigenvalue weighted by Gasteiger charge is 2.31. The van der Waals surface area contributed by atoms with Crippen molar-refractivity contribution in [3.8, 4) is 23.7 Å². The van der Waals surface area contributed by atoms with Crippen molar-refractivity contribution in [3.63, 3.8) is 0 Å². The van der Waals surface area contributed by atoms with Crippen molar-refractivity contribution < 1.29 is 4.74 Å². The quantitative estimate of drug-likeness (QED) is 0.160. The standard InChI is InChI=1S/C21H20N4O.C21H19N3O.C4H8O/c1-21(2)13-24(3)20-23-18-12-15(7-9-16-6-4-5-11-22-16)8-10-17(18)19(26)25(20)14-21;1-21(2)11-10-19-23-18-13-15(6-8-16-5-3-4-12-22-16)7-9-17(18)20(25)24(19)14-21;1-2-4-5-3-1/h4-6,8,10-12H,13-14H2,1-3H3;3-5,7,9,12-13H,10-11,14H2,1-2H3;1-4H2. The van der Waals surface area contributed by atoms with Crippen LogP contribution in [0.4, 0.5) is 5.95 Å². The Morgan fingerprint density at radius 2 is 1.20 bits per heavy atom. The van der Waals surface area contributed by atoms with Gasteiger partial charge in [0.05, 0.1) is 21.8 Å². The first kappa shape index (κ1) is 38.2. The van der Waals surface area contributed by atoms with Gasteiger partial charge in [-0.1, -0.05) is 51.7 Å². The predicted octanol–water partition coefficient (Wildman–Crippen LogP) is 6.63. The van der Waals surface area contributed by atoms with Gasteiger partial charge in [0.1, 0.15) is 17.2 Å². The second-order valence-corrected chi connectivity index (χ2v) is 16.1. The Bertz CT molecular complexity index is 2610. The Hall–Kier alpha value is -6.10. The van der Waals surface area contributed by atoms with Crippen molar-refractivity contribution in [1.82, 2.24) is 29.1 Å². The summed E-state index contributed by atoms with van der Waals surface area (Å²) in [6, 6.07) is 22.5. The molecule has 0 N–H and O–H groups in total. The maximum atomic E-state index is 12.9. The summed E-state index contributed by atoms with van der Waals surface area (Å²) in [5, 5.41) is 1.29. The number of hydrogen-bond acceptors (Lipinski definition) is 8. The molecule has 0 aliphatic carbocycles. The summed E-state index contributed by atoms with van der Waals surface area (Å²) in [6.45, 7) is 13.0. The lowest BCUT2D eigenvalue weighted by molar-refractivity contribution is 0.198. The highest BCUT2D eigenvalue weighted by atomic mass is 16.5. The molecule has 6 aromatic rings. The van der Waals surface area contributed by atoms with E-state index in [2.05, 4.69) is 66.2 Å². The molecule has 0 bridgehead atoms. The van der Waals surface area contributed by atoms with Gasteiger partial charge in [-0.2, -0.15) is 0 Å². The molecule has 9 rings (SSSR count). The number of rotatable bonds is 0. The first-order chi connectivity index (χ1) is 26.9. The zero-order valence-corrected chi connectivity index (χ0v) is 32.8. The molecule has 0 atom stereocenters. The largest absolute Gasteiger partial charge is 0.381 e. The minimum Gasteiger partial charge on any atom is -0.381 e. The van der Waals surface area contributed by atoms with Gasteiger partial charge < -0.3 is 9.64 Å². The van der Waals surface area contributed by atoms with Crippen molar-refractivity contribution in [1.29, 1.82) is 0 Å². The lowest BCUT2D eigenvalue weighted by atomic mass is 9.85. The fraction of sp³-hybridized carbons (Fsp3) is 0.348. The second-order valence-electron chi connectivity index (χ2n) is 16.1. The molecule has 1 fully saturated rings. The maximum Gasteiger partial charge on any atom is 0.262 e. The monoisotopic (exact) mass is 745 g/mol. The minimum atomic E-state index is 0.00820.